The van der Waals surface area contributed by atoms with Gasteiger partial charge in [0.1, 0.15) is 11.2 Å². The van der Waals surface area contributed by atoms with Crippen LogP contribution >= 0.6 is 0 Å². The number of hydrogen-bond acceptors (Lipinski definition) is 8. The third-order valence-electron chi connectivity index (χ3n) is 11.7. The first kappa shape index (κ1) is 15.9. The van der Waals surface area contributed by atoms with Gasteiger partial charge in [-0.1, -0.05) is 0 Å². The number of carbonyl (C=O) groups is 4. The molecule has 10 fully saturated rings. The zero-order chi connectivity index (χ0) is 20.4. The minimum Gasteiger partial charge on any atom is -0.469 e. The van der Waals surface area contributed by atoms with Crippen molar-refractivity contribution >= 4 is 23.5 Å². The number of ketones is 2. The van der Waals surface area contributed by atoms with E-state index in [0.29, 0.717) is 25.7 Å². The van der Waals surface area contributed by atoms with Gasteiger partial charge in [0.15, 0.2) is 22.8 Å². The molecule has 2 aliphatic heterocycles. The van der Waals surface area contributed by atoms with Crippen LogP contribution in [0.1, 0.15) is 25.7 Å². The molecule has 8 heteroatoms. The summed E-state index contributed by atoms with van der Waals surface area (Å²) in [5.41, 5.74) is -5.69. The van der Waals surface area contributed by atoms with Gasteiger partial charge in [0, 0.05) is 36.5 Å². The van der Waals surface area contributed by atoms with Crippen LogP contribution in [-0.2, 0) is 38.1 Å². The van der Waals surface area contributed by atoms with Gasteiger partial charge in [0.05, 0.1) is 25.0 Å². The predicted molar refractivity (Wildman–Crippen MR) is 91.4 cm³/mol. The lowest BCUT2D eigenvalue weighted by Crippen LogP contribution is -2.69. The zero-order valence-corrected chi connectivity index (χ0v) is 16.6. The number of esters is 2. The van der Waals surface area contributed by atoms with E-state index in [-0.39, 0.29) is 47.1 Å². The molecule has 0 aromatic heterocycles. The second-order valence-electron chi connectivity index (χ2n) is 11.1. The molecule has 0 N–H and O–H groups in total. The fraction of sp³-hybridized carbons (Fsp3) is 0.818. The lowest BCUT2D eigenvalue weighted by atomic mass is 9.43. The third-order valence-corrected chi connectivity index (χ3v) is 11.7. The molecule has 10 rings (SSSR count). The quantitative estimate of drug-likeness (QED) is 0.453. The summed E-state index contributed by atoms with van der Waals surface area (Å²) >= 11 is 0. The Bertz CT molecular complexity index is 1030. The van der Waals surface area contributed by atoms with Crippen LogP contribution in [0.4, 0.5) is 0 Å². The highest BCUT2D eigenvalue weighted by Crippen LogP contribution is 3.05. The summed E-state index contributed by atoms with van der Waals surface area (Å²) in [5.74, 6) is -2.09. The van der Waals surface area contributed by atoms with Crippen molar-refractivity contribution in [2.75, 3.05) is 14.2 Å². The Morgan fingerprint density at radius 3 is 1.53 bits per heavy atom. The number of carbonyl (C=O) groups excluding carboxylic acids is 4. The minimum atomic E-state index is -1.20. The molecule has 0 aromatic rings. The van der Waals surface area contributed by atoms with E-state index in [4.69, 9.17) is 18.9 Å². The van der Waals surface area contributed by atoms with E-state index in [9.17, 15) is 19.2 Å². The van der Waals surface area contributed by atoms with E-state index in [2.05, 4.69) is 0 Å². The normalized spacial score (nSPS) is 69.4. The SMILES string of the molecule is COC(=O)C12C3C4C5C(C67CCC(=O)C6(O7)C51)C2(C(=O)OC)C4C12OC31CCC2=O. The van der Waals surface area contributed by atoms with Gasteiger partial charge in [0.2, 0.25) is 0 Å². The van der Waals surface area contributed by atoms with Gasteiger partial charge in [-0.2, -0.15) is 0 Å². The van der Waals surface area contributed by atoms with Gasteiger partial charge in [-0.15, -0.1) is 0 Å². The molecule has 8 aliphatic carbocycles. The van der Waals surface area contributed by atoms with Crippen molar-refractivity contribution < 1.29 is 38.1 Å². The van der Waals surface area contributed by atoms with Crippen molar-refractivity contribution in [3.05, 3.63) is 0 Å². The van der Waals surface area contributed by atoms with Gasteiger partial charge < -0.3 is 18.9 Å². The van der Waals surface area contributed by atoms with Crippen molar-refractivity contribution in [2.24, 2.45) is 46.3 Å². The Morgan fingerprint density at radius 1 is 0.767 bits per heavy atom. The lowest BCUT2D eigenvalue weighted by Gasteiger charge is -2.53. The Kier molecular flexibility index (Phi) is 1.90. The fourth-order valence-corrected chi connectivity index (χ4v) is 12.1. The highest BCUT2D eigenvalue weighted by Gasteiger charge is 3.16. The monoisotopic (exact) mass is 412 g/mol. The molecule has 30 heavy (non-hydrogen) atoms. The van der Waals surface area contributed by atoms with Crippen LogP contribution in [0.15, 0.2) is 0 Å². The van der Waals surface area contributed by atoms with Crippen LogP contribution in [-0.4, -0.2) is 60.1 Å². The largest absolute Gasteiger partial charge is 0.469 e. The van der Waals surface area contributed by atoms with Crippen LogP contribution < -0.4 is 0 Å². The standard InChI is InChI=1S/C22H20O8/c1-27-15(25)19-11-9-10-12(18-6-4-7(23)21(18,30-18)13(10)19)20(19,16(26)28-2)14(9)22-8(24)3-5-17(11,22)29-22/h9-14H,3-6H2,1-2H3. The summed E-state index contributed by atoms with van der Waals surface area (Å²) in [6, 6.07) is 0. The second-order valence-corrected chi connectivity index (χ2v) is 11.1. The predicted octanol–water partition coefficient (Wildman–Crippen LogP) is -0.188. The molecular weight excluding hydrogens is 392 g/mol. The molecule has 8 nitrogen and oxygen atoms in total. The molecule has 0 radical (unpaired) electrons. The van der Waals surface area contributed by atoms with E-state index in [0.717, 1.165) is 0 Å². The maximum absolute atomic E-state index is 13.8. The van der Waals surface area contributed by atoms with Gasteiger partial charge in [-0.05, 0) is 24.7 Å². The van der Waals surface area contributed by atoms with Crippen molar-refractivity contribution in [3.8, 4) is 0 Å². The van der Waals surface area contributed by atoms with Gasteiger partial charge >= 0.3 is 11.9 Å². The Labute approximate surface area is 170 Å². The molecule has 12 unspecified atom stereocenters. The van der Waals surface area contributed by atoms with Crippen LogP contribution in [0.5, 0.6) is 0 Å². The minimum absolute atomic E-state index is 0.00671. The Hall–Kier alpha value is -1.80. The maximum atomic E-state index is 13.8. The average molecular weight is 412 g/mol. The molecule has 156 valence electrons. The van der Waals surface area contributed by atoms with Gasteiger partial charge in [-0.3, -0.25) is 19.2 Å². The summed E-state index contributed by atoms with van der Waals surface area (Å²) in [4.78, 5) is 53.8. The lowest BCUT2D eigenvalue weighted by molar-refractivity contribution is -0.197. The van der Waals surface area contributed by atoms with E-state index in [1.54, 1.807) is 0 Å². The van der Waals surface area contributed by atoms with Crippen LogP contribution in [0.2, 0.25) is 0 Å². The van der Waals surface area contributed by atoms with Crippen molar-refractivity contribution in [1.29, 1.82) is 0 Å². The number of hydrogen-bond donors (Lipinski definition) is 0. The topological polar surface area (TPSA) is 112 Å². The van der Waals surface area contributed by atoms with E-state index in [1.165, 1.54) is 14.2 Å². The second kappa shape index (κ2) is 3.58. The highest BCUT2D eigenvalue weighted by molar-refractivity contribution is 6.07. The molecule has 8 bridgehead atoms. The molecular formula is C22H20O8. The molecule has 2 saturated heterocycles. The first-order chi connectivity index (χ1) is 14.4. The molecule has 12 atom stereocenters. The number of ether oxygens (including phenoxy) is 4. The maximum Gasteiger partial charge on any atom is 0.313 e. The molecule has 2 heterocycles. The summed E-state index contributed by atoms with van der Waals surface area (Å²) in [7, 11) is 2.69. The van der Waals surface area contributed by atoms with Crippen molar-refractivity contribution in [3.63, 3.8) is 0 Å². The van der Waals surface area contributed by atoms with Crippen molar-refractivity contribution in [2.45, 2.75) is 48.1 Å². The van der Waals surface area contributed by atoms with Crippen molar-refractivity contribution in [1.82, 2.24) is 0 Å². The number of methoxy groups -OCH3 is 2. The van der Waals surface area contributed by atoms with E-state index >= 15 is 0 Å². The fourth-order valence-electron chi connectivity index (χ4n) is 12.1. The van der Waals surface area contributed by atoms with E-state index in [1.807, 2.05) is 0 Å². The molecule has 0 amide bonds. The summed E-state index contributed by atoms with van der Waals surface area (Å²) in [5, 5.41) is 0. The van der Waals surface area contributed by atoms with Crippen LogP contribution in [0, 0.1) is 46.3 Å². The zero-order valence-electron chi connectivity index (χ0n) is 16.6. The highest BCUT2D eigenvalue weighted by atomic mass is 16.7. The Morgan fingerprint density at radius 2 is 1.17 bits per heavy atom. The molecule has 8 saturated carbocycles. The first-order valence-corrected chi connectivity index (χ1v) is 11.0. The molecule has 0 spiro atoms. The van der Waals surface area contributed by atoms with Gasteiger partial charge in [-0.25, -0.2) is 0 Å². The summed E-state index contributed by atoms with van der Waals surface area (Å²) < 4.78 is 23.4. The number of epoxide rings is 2. The smallest absolute Gasteiger partial charge is 0.313 e. The Balaban J connectivity index is 1.43. The summed E-state index contributed by atoms with van der Waals surface area (Å²) in [6.07, 6.45) is 1.99. The van der Waals surface area contributed by atoms with Gasteiger partial charge in [0.25, 0.3) is 0 Å². The molecule has 10 aliphatic rings. The van der Waals surface area contributed by atoms with Crippen LogP contribution in [0.25, 0.3) is 0 Å². The third kappa shape index (κ3) is 0.835. The number of Topliss-reactive ketones (excluding diaryl/α,β-unsaturated/α-hetero) is 2. The van der Waals surface area contributed by atoms with E-state index < -0.39 is 45.2 Å². The summed E-state index contributed by atoms with van der Waals surface area (Å²) in [6.45, 7) is 0. The average Bonchev–Trinajstić information content (AvgIpc) is 3.06. The first-order valence-electron chi connectivity index (χ1n) is 11.0. The van der Waals surface area contributed by atoms with Crippen LogP contribution in [0.3, 0.4) is 0 Å². The molecule has 0 aromatic carbocycles. The number of rotatable bonds is 2.